The van der Waals surface area contributed by atoms with E-state index in [-0.39, 0.29) is 11.8 Å². The standard InChI is InChI=1S/C24H31N3O3/c1-18(2)11-16-30-22-10-5-4-9-21(22)23(28)25-20-8-6-7-19(17-20)24(29)27-14-12-26(3)13-15-27/h4-10,17-18H,11-16H2,1-3H3,(H,25,28). The molecule has 6 heteroatoms. The lowest BCUT2D eigenvalue weighted by atomic mass is 10.1. The molecule has 1 N–H and O–H groups in total. The molecule has 0 aromatic heterocycles. The molecule has 1 aliphatic heterocycles. The third-order valence-electron chi connectivity index (χ3n) is 5.24. The summed E-state index contributed by atoms with van der Waals surface area (Å²) in [6, 6.07) is 14.3. The number of rotatable bonds is 7. The van der Waals surface area contributed by atoms with Crippen molar-refractivity contribution >= 4 is 17.5 Å². The minimum Gasteiger partial charge on any atom is -0.493 e. The monoisotopic (exact) mass is 409 g/mol. The largest absolute Gasteiger partial charge is 0.493 e. The number of hydrogen-bond acceptors (Lipinski definition) is 4. The average molecular weight is 410 g/mol. The summed E-state index contributed by atoms with van der Waals surface area (Å²) in [6.07, 6.45) is 0.923. The lowest BCUT2D eigenvalue weighted by Gasteiger charge is -2.32. The first kappa shape index (κ1) is 21.8. The zero-order valence-electron chi connectivity index (χ0n) is 18.1. The molecular weight excluding hydrogens is 378 g/mol. The lowest BCUT2D eigenvalue weighted by Crippen LogP contribution is -2.47. The second-order valence-corrected chi connectivity index (χ2v) is 8.16. The van der Waals surface area contributed by atoms with Gasteiger partial charge in [-0.3, -0.25) is 9.59 Å². The van der Waals surface area contributed by atoms with Crippen LogP contribution in [0, 0.1) is 5.92 Å². The van der Waals surface area contributed by atoms with Gasteiger partial charge in [-0.25, -0.2) is 0 Å². The average Bonchev–Trinajstić information content (AvgIpc) is 2.74. The van der Waals surface area contributed by atoms with E-state index in [2.05, 4.69) is 31.1 Å². The number of nitrogens with one attached hydrogen (secondary N) is 1. The maximum Gasteiger partial charge on any atom is 0.259 e. The van der Waals surface area contributed by atoms with E-state index in [4.69, 9.17) is 4.74 Å². The molecule has 2 amide bonds. The maximum absolute atomic E-state index is 12.9. The predicted molar refractivity (Wildman–Crippen MR) is 119 cm³/mol. The normalized spacial score (nSPS) is 14.6. The number of hydrogen-bond donors (Lipinski definition) is 1. The Bertz CT molecular complexity index is 874. The van der Waals surface area contributed by atoms with Crippen molar-refractivity contribution in [3.8, 4) is 5.75 Å². The van der Waals surface area contributed by atoms with Crippen LogP contribution in [-0.2, 0) is 0 Å². The Morgan fingerprint density at radius 1 is 1.03 bits per heavy atom. The van der Waals surface area contributed by atoms with Gasteiger partial charge in [0.15, 0.2) is 0 Å². The summed E-state index contributed by atoms with van der Waals surface area (Å²) in [4.78, 5) is 29.7. The second kappa shape index (κ2) is 10.3. The smallest absolute Gasteiger partial charge is 0.259 e. The van der Waals surface area contributed by atoms with E-state index < -0.39 is 0 Å². The Balaban J connectivity index is 1.68. The molecule has 0 radical (unpaired) electrons. The third-order valence-corrected chi connectivity index (χ3v) is 5.24. The number of likely N-dealkylation sites (N-methyl/N-ethyl adjacent to an activating group) is 1. The highest BCUT2D eigenvalue weighted by Gasteiger charge is 2.21. The topological polar surface area (TPSA) is 61.9 Å². The van der Waals surface area contributed by atoms with Crippen LogP contribution in [-0.4, -0.2) is 61.4 Å². The molecule has 0 spiro atoms. The van der Waals surface area contributed by atoms with Gasteiger partial charge in [-0.05, 0) is 49.7 Å². The molecule has 6 nitrogen and oxygen atoms in total. The fraction of sp³-hybridized carbons (Fsp3) is 0.417. The van der Waals surface area contributed by atoms with Crippen LogP contribution in [0.1, 0.15) is 41.0 Å². The van der Waals surface area contributed by atoms with Gasteiger partial charge in [-0.2, -0.15) is 0 Å². The number of carbonyl (C=O) groups excluding carboxylic acids is 2. The molecule has 1 heterocycles. The predicted octanol–water partition coefficient (Wildman–Crippen LogP) is 3.75. The Morgan fingerprint density at radius 3 is 2.50 bits per heavy atom. The van der Waals surface area contributed by atoms with E-state index >= 15 is 0 Å². The van der Waals surface area contributed by atoms with E-state index in [9.17, 15) is 9.59 Å². The van der Waals surface area contributed by atoms with Crippen LogP contribution in [0.3, 0.4) is 0 Å². The highest BCUT2D eigenvalue weighted by Crippen LogP contribution is 2.21. The fourth-order valence-electron chi connectivity index (χ4n) is 3.31. The van der Waals surface area contributed by atoms with Crippen LogP contribution in [0.15, 0.2) is 48.5 Å². The molecule has 1 fully saturated rings. The second-order valence-electron chi connectivity index (χ2n) is 8.16. The van der Waals surface area contributed by atoms with E-state index in [1.807, 2.05) is 23.1 Å². The van der Waals surface area contributed by atoms with Crippen molar-refractivity contribution in [3.63, 3.8) is 0 Å². The molecule has 2 aromatic rings. The van der Waals surface area contributed by atoms with Crippen molar-refractivity contribution in [2.24, 2.45) is 5.92 Å². The maximum atomic E-state index is 12.9. The summed E-state index contributed by atoms with van der Waals surface area (Å²) in [6.45, 7) is 8.01. The van der Waals surface area contributed by atoms with Gasteiger partial charge in [-0.1, -0.05) is 32.0 Å². The van der Waals surface area contributed by atoms with Crippen molar-refractivity contribution in [3.05, 3.63) is 59.7 Å². The summed E-state index contributed by atoms with van der Waals surface area (Å²) in [7, 11) is 2.06. The zero-order valence-corrected chi connectivity index (χ0v) is 18.1. The summed E-state index contributed by atoms with van der Waals surface area (Å²) in [5.41, 5.74) is 1.66. The van der Waals surface area contributed by atoms with E-state index in [0.717, 1.165) is 19.5 Å². The van der Waals surface area contributed by atoms with Gasteiger partial charge in [0.05, 0.1) is 12.2 Å². The molecule has 0 bridgehead atoms. The molecule has 1 saturated heterocycles. The van der Waals surface area contributed by atoms with E-state index in [0.29, 0.717) is 48.2 Å². The number of piperazine rings is 1. The number of amides is 2. The molecule has 160 valence electrons. The molecule has 30 heavy (non-hydrogen) atoms. The van der Waals surface area contributed by atoms with Gasteiger partial charge < -0.3 is 19.9 Å². The Labute approximate surface area is 178 Å². The van der Waals surface area contributed by atoms with Crippen LogP contribution in [0.25, 0.3) is 0 Å². The van der Waals surface area contributed by atoms with Gasteiger partial charge >= 0.3 is 0 Å². The third kappa shape index (κ3) is 5.83. The molecular formula is C24H31N3O3. The Kier molecular flexibility index (Phi) is 7.46. The van der Waals surface area contributed by atoms with Crippen LogP contribution in [0.2, 0.25) is 0 Å². The highest BCUT2D eigenvalue weighted by molar-refractivity contribution is 6.06. The minimum atomic E-state index is -0.251. The molecule has 3 rings (SSSR count). The number of ether oxygens (including phenoxy) is 1. The highest BCUT2D eigenvalue weighted by atomic mass is 16.5. The van der Waals surface area contributed by atoms with Crippen LogP contribution in [0.5, 0.6) is 5.75 Å². The van der Waals surface area contributed by atoms with Crippen LogP contribution < -0.4 is 10.1 Å². The lowest BCUT2D eigenvalue weighted by molar-refractivity contribution is 0.0664. The molecule has 1 aliphatic rings. The van der Waals surface area contributed by atoms with Gasteiger partial charge in [0.25, 0.3) is 11.8 Å². The van der Waals surface area contributed by atoms with Crippen molar-refractivity contribution in [1.29, 1.82) is 0 Å². The van der Waals surface area contributed by atoms with Crippen molar-refractivity contribution in [1.82, 2.24) is 9.80 Å². The fourth-order valence-corrected chi connectivity index (χ4v) is 3.31. The van der Waals surface area contributed by atoms with Crippen LogP contribution in [0.4, 0.5) is 5.69 Å². The van der Waals surface area contributed by atoms with Crippen molar-refractivity contribution in [2.75, 3.05) is 45.2 Å². The molecule has 0 aliphatic carbocycles. The summed E-state index contributed by atoms with van der Waals surface area (Å²) in [5, 5.41) is 2.91. The number of anilines is 1. The first-order chi connectivity index (χ1) is 14.4. The van der Waals surface area contributed by atoms with Gasteiger partial charge in [0.2, 0.25) is 0 Å². The zero-order chi connectivity index (χ0) is 21.5. The molecule has 0 atom stereocenters. The van der Waals surface area contributed by atoms with Crippen molar-refractivity contribution < 1.29 is 14.3 Å². The SMILES string of the molecule is CC(C)CCOc1ccccc1C(=O)Nc1cccc(C(=O)N2CCN(C)CC2)c1. The Hall–Kier alpha value is -2.86. The van der Waals surface area contributed by atoms with E-state index in [1.165, 1.54) is 0 Å². The quantitative estimate of drug-likeness (QED) is 0.757. The first-order valence-electron chi connectivity index (χ1n) is 10.5. The van der Waals surface area contributed by atoms with Gasteiger partial charge in [0.1, 0.15) is 5.75 Å². The minimum absolute atomic E-state index is 0.00313. The number of carbonyl (C=O) groups is 2. The Morgan fingerprint density at radius 2 is 1.77 bits per heavy atom. The molecule has 2 aromatic carbocycles. The first-order valence-corrected chi connectivity index (χ1v) is 10.5. The summed E-state index contributed by atoms with van der Waals surface area (Å²) < 4.78 is 5.83. The van der Waals surface area contributed by atoms with Crippen LogP contribution >= 0.6 is 0 Å². The number of para-hydroxylation sites is 1. The van der Waals surface area contributed by atoms with E-state index in [1.54, 1.807) is 30.3 Å². The van der Waals surface area contributed by atoms with Crippen molar-refractivity contribution in [2.45, 2.75) is 20.3 Å². The molecule has 0 saturated carbocycles. The van der Waals surface area contributed by atoms with Gasteiger partial charge in [0, 0.05) is 37.4 Å². The summed E-state index contributed by atoms with van der Waals surface area (Å²) >= 11 is 0. The molecule has 0 unspecified atom stereocenters. The number of benzene rings is 2. The summed E-state index contributed by atoms with van der Waals surface area (Å²) in [5.74, 6) is 0.850. The van der Waals surface area contributed by atoms with Gasteiger partial charge in [-0.15, -0.1) is 0 Å². The number of nitrogens with zero attached hydrogens (tertiary/aromatic N) is 2.